The van der Waals surface area contributed by atoms with E-state index >= 15 is 0 Å². The van der Waals surface area contributed by atoms with Crippen molar-refractivity contribution < 1.29 is 9.59 Å². The van der Waals surface area contributed by atoms with Gasteiger partial charge in [0, 0.05) is 23.5 Å². The number of nitrogens with one attached hydrogen (secondary N) is 1. The van der Waals surface area contributed by atoms with E-state index in [1.54, 1.807) is 48.7 Å². The number of hydrogen-bond acceptors (Lipinski definition) is 6. The standard InChI is InChI=1S/C25H16N4O3S/c30-21(17-11-5-2-6-12-17)22-20(16-9-3-1-4-10-16)27-25(33-22)28-23(31)18-15-26-19-13-7-8-14-29(19)24(18)32/h1-15H,(H,27,28,31). The van der Waals surface area contributed by atoms with E-state index in [2.05, 4.69) is 15.3 Å². The molecule has 0 fully saturated rings. The zero-order chi connectivity index (χ0) is 22.8. The highest BCUT2D eigenvalue weighted by Gasteiger charge is 2.23. The van der Waals surface area contributed by atoms with E-state index in [4.69, 9.17) is 0 Å². The molecule has 5 rings (SSSR count). The van der Waals surface area contributed by atoms with Crippen molar-refractivity contribution in [2.24, 2.45) is 0 Å². The van der Waals surface area contributed by atoms with Gasteiger partial charge in [0.25, 0.3) is 11.5 Å². The molecule has 7 nitrogen and oxygen atoms in total. The Balaban J connectivity index is 1.53. The average molecular weight is 452 g/mol. The highest BCUT2D eigenvalue weighted by atomic mass is 32.1. The quantitative estimate of drug-likeness (QED) is 0.401. The zero-order valence-corrected chi connectivity index (χ0v) is 18.0. The zero-order valence-electron chi connectivity index (χ0n) is 17.1. The Morgan fingerprint density at radius 2 is 1.58 bits per heavy atom. The summed E-state index contributed by atoms with van der Waals surface area (Å²) in [5.41, 5.74) is 1.58. The molecule has 8 heteroatoms. The first-order chi connectivity index (χ1) is 16.1. The van der Waals surface area contributed by atoms with E-state index in [0.717, 1.165) is 16.9 Å². The van der Waals surface area contributed by atoms with Crippen LogP contribution in [0.15, 0.2) is 96.1 Å². The third-order valence-corrected chi connectivity index (χ3v) is 5.96. The van der Waals surface area contributed by atoms with Gasteiger partial charge in [-0.3, -0.25) is 24.1 Å². The summed E-state index contributed by atoms with van der Waals surface area (Å²) in [6, 6.07) is 23.3. The molecule has 1 amide bonds. The number of aromatic nitrogens is 3. The number of fused-ring (bicyclic) bond motifs is 1. The predicted molar refractivity (Wildman–Crippen MR) is 127 cm³/mol. The molecule has 0 aliphatic heterocycles. The molecule has 160 valence electrons. The number of nitrogens with zero attached hydrogens (tertiary/aromatic N) is 3. The Bertz CT molecular complexity index is 1540. The number of thiazole rings is 1. The molecule has 0 aliphatic carbocycles. The number of benzene rings is 2. The second kappa shape index (κ2) is 8.60. The van der Waals surface area contributed by atoms with E-state index in [-0.39, 0.29) is 16.5 Å². The topological polar surface area (TPSA) is 93.4 Å². The Labute approximate surface area is 192 Å². The van der Waals surface area contributed by atoms with Gasteiger partial charge in [0.05, 0.1) is 5.69 Å². The van der Waals surface area contributed by atoms with Gasteiger partial charge < -0.3 is 0 Å². The van der Waals surface area contributed by atoms with Crippen molar-refractivity contribution in [3.63, 3.8) is 0 Å². The first-order valence-corrected chi connectivity index (χ1v) is 10.9. The van der Waals surface area contributed by atoms with E-state index in [9.17, 15) is 14.4 Å². The Hall–Kier alpha value is -4.43. The van der Waals surface area contributed by atoms with E-state index in [1.165, 1.54) is 10.6 Å². The van der Waals surface area contributed by atoms with Gasteiger partial charge in [-0.25, -0.2) is 9.97 Å². The van der Waals surface area contributed by atoms with Gasteiger partial charge in [-0.05, 0) is 12.1 Å². The lowest BCUT2D eigenvalue weighted by Gasteiger charge is -2.03. The molecule has 5 aromatic rings. The largest absolute Gasteiger partial charge is 0.298 e. The summed E-state index contributed by atoms with van der Waals surface area (Å²) in [6.07, 6.45) is 2.80. The van der Waals surface area contributed by atoms with Gasteiger partial charge in [0.1, 0.15) is 16.1 Å². The normalized spacial score (nSPS) is 10.8. The summed E-state index contributed by atoms with van der Waals surface area (Å²) < 4.78 is 1.30. The van der Waals surface area contributed by atoms with Crippen LogP contribution in [0.5, 0.6) is 0 Å². The number of amides is 1. The van der Waals surface area contributed by atoms with Gasteiger partial charge in [0.15, 0.2) is 5.13 Å². The molecule has 0 radical (unpaired) electrons. The lowest BCUT2D eigenvalue weighted by Crippen LogP contribution is -2.26. The fraction of sp³-hybridized carbons (Fsp3) is 0. The third kappa shape index (κ3) is 3.95. The van der Waals surface area contributed by atoms with E-state index in [0.29, 0.717) is 21.8 Å². The molecule has 33 heavy (non-hydrogen) atoms. The van der Waals surface area contributed by atoms with Gasteiger partial charge >= 0.3 is 0 Å². The van der Waals surface area contributed by atoms with Gasteiger partial charge in [0.2, 0.25) is 5.78 Å². The van der Waals surface area contributed by atoms with Crippen molar-refractivity contribution >= 4 is 33.8 Å². The van der Waals surface area contributed by atoms with Crippen LogP contribution in [0.2, 0.25) is 0 Å². The van der Waals surface area contributed by atoms with Gasteiger partial charge in [-0.2, -0.15) is 0 Å². The summed E-state index contributed by atoms with van der Waals surface area (Å²) in [4.78, 5) is 47.9. The lowest BCUT2D eigenvalue weighted by molar-refractivity contribution is 0.102. The molecule has 3 aromatic heterocycles. The van der Waals surface area contributed by atoms with Crippen LogP contribution >= 0.6 is 11.3 Å². The van der Waals surface area contributed by atoms with Crippen molar-refractivity contribution in [3.8, 4) is 11.3 Å². The molecule has 3 heterocycles. The van der Waals surface area contributed by atoms with Crippen molar-refractivity contribution in [1.82, 2.24) is 14.4 Å². The number of rotatable bonds is 5. The monoisotopic (exact) mass is 452 g/mol. The number of pyridine rings is 1. The second-order valence-electron chi connectivity index (χ2n) is 7.12. The maximum atomic E-state index is 13.2. The fourth-order valence-corrected chi connectivity index (χ4v) is 4.33. The van der Waals surface area contributed by atoms with Crippen LogP contribution in [0.4, 0.5) is 5.13 Å². The molecule has 0 saturated carbocycles. The van der Waals surface area contributed by atoms with Crippen molar-refractivity contribution in [2.45, 2.75) is 0 Å². The Morgan fingerprint density at radius 3 is 2.33 bits per heavy atom. The summed E-state index contributed by atoms with van der Waals surface area (Å²) in [5, 5.41) is 2.88. The summed E-state index contributed by atoms with van der Waals surface area (Å²) in [5.74, 6) is -0.835. The van der Waals surface area contributed by atoms with Crippen molar-refractivity contribution in [1.29, 1.82) is 0 Å². The minimum Gasteiger partial charge on any atom is -0.298 e. The summed E-state index contributed by atoms with van der Waals surface area (Å²) >= 11 is 1.07. The van der Waals surface area contributed by atoms with Crippen LogP contribution in [0.1, 0.15) is 25.6 Å². The van der Waals surface area contributed by atoms with Crippen LogP contribution < -0.4 is 10.9 Å². The fourth-order valence-electron chi connectivity index (χ4n) is 3.39. The minimum atomic E-state index is -0.641. The van der Waals surface area contributed by atoms with Crippen LogP contribution in [0, 0.1) is 0 Å². The summed E-state index contributed by atoms with van der Waals surface area (Å²) in [6.45, 7) is 0. The highest BCUT2D eigenvalue weighted by molar-refractivity contribution is 7.18. The van der Waals surface area contributed by atoms with Crippen LogP contribution in [-0.4, -0.2) is 26.1 Å². The molecule has 0 unspecified atom stereocenters. The molecule has 0 atom stereocenters. The molecule has 0 aliphatic rings. The van der Waals surface area contributed by atoms with E-state index < -0.39 is 11.5 Å². The molecular formula is C25H16N4O3S. The van der Waals surface area contributed by atoms with Crippen LogP contribution in [0.25, 0.3) is 16.9 Å². The number of hydrogen-bond donors (Lipinski definition) is 1. The molecule has 0 spiro atoms. The SMILES string of the molecule is O=C(c1ccccc1)c1sc(NC(=O)c2cnc3ccccn3c2=O)nc1-c1ccccc1. The molecule has 0 saturated heterocycles. The molecule has 2 aromatic carbocycles. The number of carbonyl (C=O) groups is 2. The van der Waals surface area contributed by atoms with Crippen molar-refractivity contribution in [3.05, 3.63) is 118 Å². The summed E-state index contributed by atoms with van der Waals surface area (Å²) in [7, 11) is 0. The number of ketones is 1. The number of anilines is 1. The molecular weight excluding hydrogens is 436 g/mol. The van der Waals surface area contributed by atoms with Crippen LogP contribution in [0.3, 0.4) is 0 Å². The third-order valence-electron chi connectivity index (χ3n) is 5.00. The maximum absolute atomic E-state index is 13.2. The number of carbonyl (C=O) groups excluding carboxylic acids is 2. The maximum Gasteiger partial charge on any atom is 0.270 e. The molecule has 0 bridgehead atoms. The Kier molecular flexibility index (Phi) is 5.34. The van der Waals surface area contributed by atoms with Crippen molar-refractivity contribution in [2.75, 3.05) is 5.32 Å². The lowest BCUT2D eigenvalue weighted by atomic mass is 10.1. The average Bonchev–Trinajstić information content (AvgIpc) is 3.28. The Morgan fingerprint density at radius 1 is 0.879 bits per heavy atom. The van der Waals surface area contributed by atoms with Gasteiger partial charge in [-0.1, -0.05) is 78.1 Å². The molecule has 1 N–H and O–H groups in total. The first kappa shape index (κ1) is 20.5. The second-order valence-corrected chi connectivity index (χ2v) is 8.12. The predicted octanol–water partition coefficient (Wildman–Crippen LogP) is 4.30. The smallest absolute Gasteiger partial charge is 0.270 e. The minimum absolute atomic E-state index is 0.119. The van der Waals surface area contributed by atoms with Gasteiger partial charge in [-0.15, -0.1) is 0 Å². The van der Waals surface area contributed by atoms with E-state index in [1.807, 2.05) is 36.4 Å². The highest BCUT2D eigenvalue weighted by Crippen LogP contribution is 2.33. The first-order valence-electron chi connectivity index (χ1n) is 10.1. The van der Waals surface area contributed by atoms with Crippen LogP contribution in [-0.2, 0) is 0 Å².